The van der Waals surface area contributed by atoms with E-state index in [1.807, 2.05) is 0 Å². The van der Waals surface area contributed by atoms with E-state index >= 15 is 0 Å². The fourth-order valence-electron chi connectivity index (χ4n) is 2.27. The molecule has 1 aromatic rings. The molecule has 0 atom stereocenters. The molecule has 0 saturated carbocycles. The van der Waals surface area contributed by atoms with Crippen LogP contribution < -0.4 is 0 Å². The Balaban J connectivity index is 1.90. The zero-order valence-corrected chi connectivity index (χ0v) is 14.3. The Labute approximate surface area is 145 Å². The predicted molar refractivity (Wildman–Crippen MR) is 90.7 cm³/mol. The van der Waals surface area contributed by atoms with Crippen molar-refractivity contribution in [2.24, 2.45) is 0 Å². The van der Waals surface area contributed by atoms with Gasteiger partial charge in [0.1, 0.15) is 0 Å². The van der Waals surface area contributed by atoms with Gasteiger partial charge in [0.25, 0.3) is 0 Å². The van der Waals surface area contributed by atoms with Gasteiger partial charge in [-0.1, -0.05) is 23.2 Å². The smallest absolute Gasteiger partial charge is 0.409 e. The van der Waals surface area contributed by atoms with Gasteiger partial charge in [-0.2, -0.15) is 0 Å². The number of halogens is 2. The fraction of sp³-hybridized carbons (Fsp3) is 0.375. The van der Waals surface area contributed by atoms with Crippen molar-refractivity contribution in [2.75, 3.05) is 32.8 Å². The number of carbonyl (C=O) groups is 2. The number of benzene rings is 1. The highest BCUT2D eigenvalue weighted by Crippen LogP contribution is 2.20. The number of rotatable bonds is 3. The van der Waals surface area contributed by atoms with Gasteiger partial charge in [0.15, 0.2) is 0 Å². The van der Waals surface area contributed by atoms with E-state index in [9.17, 15) is 9.59 Å². The SMILES string of the molecule is CCOC(=O)N1CCN(C(=O)/C=C/c2cc(Cl)cc(Cl)c2)CC1. The van der Waals surface area contributed by atoms with E-state index in [4.69, 9.17) is 27.9 Å². The van der Waals surface area contributed by atoms with Gasteiger partial charge in [0.05, 0.1) is 6.61 Å². The van der Waals surface area contributed by atoms with Crippen molar-refractivity contribution >= 4 is 41.3 Å². The summed E-state index contributed by atoms with van der Waals surface area (Å²) in [5, 5.41) is 1.04. The van der Waals surface area contributed by atoms with Crippen molar-refractivity contribution in [3.8, 4) is 0 Å². The van der Waals surface area contributed by atoms with E-state index in [0.717, 1.165) is 5.56 Å². The highest BCUT2D eigenvalue weighted by molar-refractivity contribution is 6.34. The summed E-state index contributed by atoms with van der Waals surface area (Å²) in [6.07, 6.45) is 2.84. The standard InChI is InChI=1S/C16H18Cl2N2O3/c1-2-23-16(22)20-7-5-19(6-8-20)15(21)4-3-12-9-13(17)11-14(18)10-12/h3-4,9-11H,2,5-8H2,1H3/b4-3+. The summed E-state index contributed by atoms with van der Waals surface area (Å²) < 4.78 is 4.95. The molecule has 0 aromatic heterocycles. The van der Waals surface area contributed by atoms with Crippen molar-refractivity contribution in [1.82, 2.24) is 9.80 Å². The van der Waals surface area contributed by atoms with Crippen LogP contribution in [0.3, 0.4) is 0 Å². The number of hydrogen-bond donors (Lipinski definition) is 0. The molecule has 1 aliphatic heterocycles. The minimum Gasteiger partial charge on any atom is -0.450 e. The van der Waals surface area contributed by atoms with Crippen LogP contribution in [0.25, 0.3) is 6.08 Å². The first-order chi connectivity index (χ1) is 11.0. The fourth-order valence-corrected chi connectivity index (χ4v) is 2.81. The van der Waals surface area contributed by atoms with Crippen molar-refractivity contribution < 1.29 is 14.3 Å². The van der Waals surface area contributed by atoms with Crippen LogP contribution in [0.4, 0.5) is 4.79 Å². The van der Waals surface area contributed by atoms with Gasteiger partial charge >= 0.3 is 6.09 Å². The Kier molecular flexibility index (Phi) is 6.30. The van der Waals surface area contributed by atoms with Crippen LogP contribution >= 0.6 is 23.2 Å². The van der Waals surface area contributed by atoms with Crippen molar-refractivity contribution in [1.29, 1.82) is 0 Å². The third kappa shape index (κ3) is 5.15. The molecule has 23 heavy (non-hydrogen) atoms. The lowest BCUT2D eigenvalue weighted by molar-refractivity contribution is -0.127. The molecule has 7 heteroatoms. The maximum Gasteiger partial charge on any atom is 0.409 e. The molecule has 1 aliphatic rings. The molecule has 0 radical (unpaired) electrons. The summed E-state index contributed by atoms with van der Waals surface area (Å²) in [4.78, 5) is 27.1. The monoisotopic (exact) mass is 356 g/mol. The molecule has 0 spiro atoms. The van der Waals surface area contributed by atoms with Crippen LogP contribution in [0.15, 0.2) is 24.3 Å². The van der Waals surface area contributed by atoms with E-state index in [1.165, 1.54) is 6.08 Å². The topological polar surface area (TPSA) is 49.9 Å². The summed E-state index contributed by atoms with van der Waals surface area (Å²) in [7, 11) is 0. The molecule has 0 aliphatic carbocycles. The van der Waals surface area contributed by atoms with Crippen LogP contribution in [-0.2, 0) is 9.53 Å². The van der Waals surface area contributed by atoms with Gasteiger partial charge in [-0.3, -0.25) is 4.79 Å². The van der Waals surface area contributed by atoms with Gasteiger partial charge in [0, 0.05) is 42.3 Å². The molecule has 2 rings (SSSR count). The molecule has 1 heterocycles. The molecule has 124 valence electrons. The molecule has 0 bridgehead atoms. The van der Waals surface area contributed by atoms with Crippen LogP contribution in [0.2, 0.25) is 10.0 Å². The lowest BCUT2D eigenvalue weighted by atomic mass is 10.2. The number of ether oxygens (including phenoxy) is 1. The van der Waals surface area contributed by atoms with Crippen LogP contribution in [0.1, 0.15) is 12.5 Å². The molecule has 2 amide bonds. The van der Waals surface area contributed by atoms with Crippen molar-refractivity contribution in [3.63, 3.8) is 0 Å². The zero-order valence-electron chi connectivity index (χ0n) is 12.8. The summed E-state index contributed by atoms with van der Waals surface area (Å²) >= 11 is 11.8. The van der Waals surface area contributed by atoms with Gasteiger partial charge in [-0.25, -0.2) is 4.79 Å². The number of nitrogens with zero attached hydrogens (tertiary/aromatic N) is 2. The number of piperazine rings is 1. The Morgan fingerprint density at radius 1 is 1.09 bits per heavy atom. The van der Waals surface area contributed by atoms with E-state index in [0.29, 0.717) is 42.8 Å². The van der Waals surface area contributed by atoms with E-state index in [2.05, 4.69) is 0 Å². The van der Waals surface area contributed by atoms with Gasteiger partial charge < -0.3 is 14.5 Å². The quantitative estimate of drug-likeness (QED) is 0.780. The van der Waals surface area contributed by atoms with E-state index in [-0.39, 0.29) is 12.0 Å². The van der Waals surface area contributed by atoms with Gasteiger partial charge in [0.2, 0.25) is 5.91 Å². The Morgan fingerprint density at radius 2 is 1.65 bits per heavy atom. The van der Waals surface area contributed by atoms with Crippen molar-refractivity contribution in [3.05, 3.63) is 39.9 Å². The molecular formula is C16H18Cl2N2O3. The molecule has 0 N–H and O–H groups in total. The maximum atomic E-state index is 12.2. The first-order valence-electron chi connectivity index (χ1n) is 7.34. The number of carbonyl (C=O) groups excluding carboxylic acids is 2. The summed E-state index contributed by atoms with van der Waals surface area (Å²) in [5.41, 5.74) is 0.765. The molecule has 5 nitrogen and oxygen atoms in total. The highest BCUT2D eigenvalue weighted by atomic mass is 35.5. The lowest BCUT2D eigenvalue weighted by Gasteiger charge is -2.33. The average Bonchev–Trinajstić information content (AvgIpc) is 2.52. The molecular weight excluding hydrogens is 339 g/mol. The second-order valence-electron chi connectivity index (χ2n) is 5.05. The Morgan fingerprint density at radius 3 is 2.22 bits per heavy atom. The highest BCUT2D eigenvalue weighted by Gasteiger charge is 2.23. The van der Waals surface area contributed by atoms with Gasteiger partial charge in [-0.15, -0.1) is 0 Å². The second-order valence-corrected chi connectivity index (χ2v) is 5.92. The van der Waals surface area contributed by atoms with Crippen LogP contribution in [0, 0.1) is 0 Å². The summed E-state index contributed by atoms with van der Waals surface area (Å²) in [6, 6.07) is 5.10. The first kappa shape index (κ1) is 17.6. The largest absolute Gasteiger partial charge is 0.450 e. The number of amides is 2. The molecule has 0 unspecified atom stereocenters. The molecule has 1 saturated heterocycles. The van der Waals surface area contributed by atoms with Crippen LogP contribution in [0.5, 0.6) is 0 Å². The van der Waals surface area contributed by atoms with Crippen molar-refractivity contribution in [2.45, 2.75) is 6.92 Å². The summed E-state index contributed by atoms with van der Waals surface area (Å²) in [5.74, 6) is -0.107. The van der Waals surface area contributed by atoms with E-state index < -0.39 is 0 Å². The Hall–Kier alpha value is -1.72. The lowest BCUT2D eigenvalue weighted by Crippen LogP contribution is -2.50. The minimum atomic E-state index is -0.330. The van der Waals surface area contributed by atoms with E-state index in [1.54, 1.807) is 41.0 Å². The maximum absolute atomic E-state index is 12.2. The normalized spacial score (nSPS) is 15.1. The van der Waals surface area contributed by atoms with Gasteiger partial charge in [-0.05, 0) is 36.8 Å². The molecule has 1 fully saturated rings. The van der Waals surface area contributed by atoms with Crippen LogP contribution in [-0.4, -0.2) is 54.6 Å². The third-order valence-corrected chi connectivity index (χ3v) is 3.86. The predicted octanol–water partition coefficient (Wildman–Crippen LogP) is 3.31. The average molecular weight is 357 g/mol. The minimum absolute atomic E-state index is 0.107. The second kappa shape index (κ2) is 8.22. The first-order valence-corrected chi connectivity index (χ1v) is 8.10. The zero-order chi connectivity index (χ0) is 16.8. The summed E-state index contributed by atoms with van der Waals surface area (Å²) in [6.45, 7) is 4.03. The third-order valence-electron chi connectivity index (χ3n) is 3.42. The Bertz CT molecular complexity index is 591. The number of hydrogen-bond acceptors (Lipinski definition) is 3. The molecule has 1 aromatic carbocycles.